The van der Waals surface area contributed by atoms with E-state index in [4.69, 9.17) is 21.1 Å². The Bertz CT molecular complexity index is 827. The minimum absolute atomic E-state index is 0.158. The average Bonchev–Trinajstić information content (AvgIpc) is 2.67. The number of thioether (sulfide) groups is 1. The first-order valence-corrected chi connectivity index (χ1v) is 9.70. The van der Waals surface area contributed by atoms with Crippen LogP contribution in [0.5, 0.6) is 5.75 Å². The molecule has 0 saturated carbocycles. The lowest BCUT2D eigenvalue weighted by Gasteiger charge is -2.26. The summed E-state index contributed by atoms with van der Waals surface area (Å²) >= 11 is 7.54. The maximum atomic E-state index is 12.2. The molecule has 0 aromatic heterocycles. The van der Waals surface area contributed by atoms with E-state index in [1.165, 1.54) is 11.8 Å². The van der Waals surface area contributed by atoms with Crippen LogP contribution in [0.4, 0.5) is 0 Å². The van der Waals surface area contributed by atoms with E-state index >= 15 is 0 Å². The highest BCUT2D eigenvalue weighted by Gasteiger charge is 2.23. The van der Waals surface area contributed by atoms with Crippen molar-refractivity contribution in [2.75, 3.05) is 19.5 Å². The first-order chi connectivity index (χ1) is 12.6. The molecule has 0 spiro atoms. The number of hydrogen-bond acceptors (Lipinski definition) is 5. The van der Waals surface area contributed by atoms with Crippen LogP contribution in [0.1, 0.15) is 28.4 Å². The summed E-state index contributed by atoms with van der Waals surface area (Å²) in [5.41, 5.74) is 1.18. The van der Waals surface area contributed by atoms with Gasteiger partial charge in [0, 0.05) is 16.9 Å². The van der Waals surface area contributed by atoms with Crippen molar-refractivity contribution < 1.29 is 19.1 Å². The molecule has 0 aliphatic carbocycles. The highest BCUT2D eigenvalue weighted by atomic mass is 35.5. The van der Waals surface area contributed by atoms with Crippen LogP contribution in [0.25, 0.3) is 0 Å². The number of fused-ring (bicyclic) bond motifs is 1. The first kappa shape index (κ1) is 18.6. The largest absolute Gasteiger partial charge is 0.493 e. The third-order valence-electron chi connectivity index (χ3n) is 4.02. The zero-order valence-electron chi connectivity index (χ0n) is 14.2. The van der Waals surface area contributed by atoms with E-state index in [2.05, 4.69) is 5.32 Å². The molecule has 7 heteroatoms. The third-order valence-corrected chi connectivity index (χ3v) is 5.08. The number of benzene rings is 2. The van der Waals surface area contributed by atoms with E-state index in [1.807, 2.05) is 36.6 Å². The van der Waals surface area contributed by atoms with Gasteiger partial charge in [-0.1, -0.05) is 29.8 Å². The fourth-order valence-corrected chi connectivity index (χ4v) is 3.36. The molecule has 2 aromatic rings. The minimum atomic E-state index is -0.617. The van der Waals surface area contributed by atoms with Crippen molar-refractivity contribution in [3.63, 3.8) is 0 Å². The quantitative estimate of drug-likeness (QED) is 0.619. The van der Waals surface area contributed by atoms with Gasteiger partial charge in [0.25, 0.3) is 5.91 Å². The fraction of sp³-hybridized carbons (Fsp3) is 0.263. The lowest BCUT2D eigenvalue weighted by molar-refractivity contribution is -0.125. The van der Waals surface area contributed by atoms with Gasteiger partial charge in [-0.05, 0) is 30.5 Å². The van der Waals surface area contributed by atoms with Crippen molar-refractivity contribution in [3.8, 4) is 5.75 Å². The molecule has 0 radical (unpaired) electrons. The Hall–Kier alpha value is -2.18. The van der Waals surface area contributed by atoms with Crippen LogP contribution in [-0.4, -0.2) is 31.3 Å². The van der Waals surface area contributed by atoms with Crippen LogP contribution in [0, 0.1) is 0 Å². The number of carbonyl (C=O) groups excluding carboxylic acids is 2. The standard InChI is InChI=1S/C19H18ClNO4S/c1-26-12-6-7-15(20)14(10-12)19(23)25-11-18(22)21-16-8-9-24-17-5-3-2-4-13(16)17/h2-7,10,16H,8-9,11H2,1H3,(H,21,22). The number of nitrogens with one attached hydrogen (secondary N) is 1. The molecule has 0 bridgehead atoms. The molecule has 26 heavy (non-hydrogen) atoms. The van der Waals surface area contributed by atoms with Crippen LogP contribution < -0.4 is 10.1 Å². The van der Waals surface area contributed by atoms with Gasteiger partial charge in [-0.3, -0.25) is 4.79 Å². The number of halogens is 1. The van der Waals surface area contributed by atoms with E-state index in [0.717, 1.165) is 16.2 Å². The van der Waals surface area contributed by atoms with Crippen molar-refractivity contribution >= 4 is 35.2 Å². The van der Waals surface area contributed by atoms with Gasteiger partial charge in [-0.2, -0.15) is 0 Å². The highest BCUT2D eigenvalue weighted by Crippen LogP contribution is 2.31. The molecule has 0 saturated heterocycles. The molecule has 0 fully saturated rings. The average molecular weight is 392 g/mol. The molecule has 1 heterocycles. The normalized spacial score (nSPS) is 15.5. The van der Waals surface area contributed by atoms with Crippen LogP contribution in [-0.2, 0) is 9.53 Å². The van der Waals surface area contributed by atoms with E-state index in [1.54, 1.807) is 12.1 Å². The summed E-state index contributed by atoms with van der Waals surface area (Å²) in [4.78, 5) is 25.3. The lowest BCUT2D eigenvalue weighted by Crippen LogP contribution is -2.35. The molecule has 1 N–H and O–H groups in total. The minimum Gasteiger partial charge on any atom is -0.493 e. The predicted molar refractivity (Wildman–Crippen MR) is 101 cm³/mol. The molecule has 1 aliphatic rings. The van der Waals surface area contributed by atoms with Crippen LogP contribution in [0.15, 0.2) is 47.4 Å². The van der Waals surface area contributed by atoms with Gasteiger partial charge in [0.15, 0.2) is 6.61 Å². The van der Waals surface area contributed by atoms with Crippen molar-refractivity contribution in [1.29, 1.82) is 0 Å². The summed E-state index contributed by atoms with van der Waals surface area (Å²) in [5.74, 6) is -0.215. The molecule has 3 rings (SSSR count). The van der Waals surface area contributed by atoms with Crippen molar-refractivity contribution in [3.05, 3.63) is 58.6 Å². The van der Waals surface area contributed by atoms with Crippen LogP contribution in [0.3, 0.4) is 0 Å². The van der Waals surface area contributed by atoms with Gasteiger partial charge in [0.2, 0.25) is 0 Å². The van der Waals surface area contributed by atoms with Gasteiger partial charge in [0.05, 0.1) is 23.2 Å². The molecular formula is C19H18ClNO4S. The van der Waals surface area contributed by atoms with Crippen LogP contribution in [0.2, 0.25) is 5.02 Å². The van der Waals surface area contributed by atoms with Crippen molar-refractivity contribution in [2.24, 2.45) is 0 Å². The van der Waals surface area contributed by atoms with Crippen molar-refractivity contribution in [2.45, 2.75) is 17.4 Å². The number of hydrogen-bond donors (Lipinski definition) is 1. The maximum Gasteiger partial charge on any atom is 0.340 e. The molecule has 136 valence electrons. The number of para-hydroxylation sites is 1. The topological polar surface area (TPSA) is 64.6 Å². The van der Waals surface area contributed by atoms with Crippen molar-refractivity contribution in [1.82, 2.24) is 5.32 Å². The highest BCUT2D eigenvalue weighted by molar-refractivity contribution is 7.98. The van der Waals surface area contributed by atoms with E-state index in [-0.39, 0.29) is 24.1 Å². The Balaban J connectivity index is 1.59. The Morgan fingerprint density at radius 1 is 1.31 bits per heavy atom. The second kappa shape index (κ2) is 8.47. The maximum absolute atomic E-state index is 12.2. The van der Waals surface area contributed by atoms with E-state index in [0.29, 0.717) is 18.1 Å². The third kappa shape index (κ3) is 4.31. The summed E-state index contributed by atoms with van der Waals surface area (Å²) in [5, 5.41) is 3.18. The molecule has 2 aromatic carbocycles. The SMILES string of the molecule is CSc1ccc(Cl)c(C(=O)OCC(=O)NC2CCOc3ccccc32)c1. The molecule has 1 amide bonds. The Morgan fingerprint density at radius 3 is 2.92 bits per heavy atom. The lowest BCUT2D eigenvalue weighted by atomic mass is 10.0. The van der Waals surface area contributed by atoms with E-state index in [9.17, 15) is 9.59 Å². The number of amides is 1. The number of carbonyl (C=O) groups is 2. The van der Waals surface area contributed by atoms with Gasteiger partial charge >= 0.3 is 5.97 Å². The monoisotopic (exact) mass is 391 g/mol. The summed E-state index contributed by atoms with van der Waals surface area (Å²) in [6.45, 7) is 0.164. The van der Waals surface area contributed by atoms with Gasteiger partial charge in [-0.25, -0.2) is 4.79 Å². The molecule has 5 nitrogen and oxygen atoms in total. The summed E-state index contributed by atoms with van der Waals surface area (Å²) in [7, 11) is 0. The molecule has 1 unspecified atom stereocenters. The zero-order chi connectivity index (χ0) is 18.5. The van der Waals surface area contributed by atoms with E-state index < -0.39 is 5.97 Å². The Morgan fingerprint density at radius 2 is 2.12 bits per heavy atom. The number of esters is 1. The Labute approximate surface area is 161 Å². The second-order valence-electron chi connectivity index (χ2n) is 5.72. The van der Waals surface area contributed by atoms with Gasteiger partial charge in [0.1, 0.15) is 5.75 Å². The summed E-state index contributed by atoms with van der Waals surface area (Å²) in [6, 6.07) is 12.5. The smallest absolute Gasteiger partial charge is 0.340 e. The van der Waals surface area contributed by atoms with Gasteiger partial charge < -0.3 is 14.8 Å². The van der Waals surface area contributed by atoms with Gasteiger partial charge in [-0.15, -0.1) is 11.8 Å². The predicted octanol–water partition coefficient (Wildman–Crippen LogP) is 3.86. The zero-order valence-corrected chi connectivity index (χ0v) is 15.7. The molecular weight excluding hydrogens is 374 g/mol. The summed E-state index contributed by atoms with van der Waals surface area (Å²) < 4.78 is 10.7. The fourth-order valence-electron chi connectivity index (χ4n) is 2.72. The second-order valence-corrected chi connectivity index (χ2v) is 7.00. The summed E-state index contributed by atoms with van der Waals surface area (Å²) in [6.07, 6.45) is 2.57. The van der Waals surface area contributed by atoms with Crippen LogP contribution >= 0.6 is 23.4 Å². The number of rotatable bonds is 5. The molecule has 1 atom stereocenters. The molecule has 1 aliphatic heterocycles. The number of ether oxygens (including phenoxy) is 2. The first-order valence-electron chi connectivity index (χ1n) is 8.10. The Kier molecular flexibility index (Phi) is 6.06.